The summed E-state index contributed by atoms with van der Waals surface area (Å²) in [5.74, 6) is 0.259. The Balaban J connectivity index is 0.00000338. The molecule has 0 bridgehead atoms. The van der Waals surface area contributed by atoms with Gasteiger partial charge >= 0.3 is 0 Å². The molecule has 2 aromatic carbocycles. The van der Waals surface area contributed by atoms with E-state index in [1.54, 1.807) is 19.2 Å². The van der Waals surface area contributed by atoms with Gasteiger partial charge in [-0.25, -0.2) is 4.39 Å². The first-order chi connectivity index (χ1) is 12.1. The molecular weight excluding hydrogens is 446 g/mol. The van der Waals surface area contributed by atoms with Crippen molar-refractivity contribution in [2.75, 3.05) is 13.6 Å². The summed E-state index contributed by atoms with van der Waals surface area (Å²) in [6.45, 7) is 3.47. The van der Waals surface area contributed by atoms with Gasteiger partial charge in [0.15, 0.2) is 5.96 Å². The molecule has 0 saturated heterocycles. The van der Waals surface area contributed by atoms with Gasteiger partial charge in [-0.05, 0) is 42.3 Å². The highest BCUT2D eigenvalue weighted by atomic mass is 127. The van der Waals surface area contributed by atoms with Crippen molar-refractivity contribution in [3.05, 3.63) is 71.0 Å². The number of carbonyl (C=O) groups excluding carboxylic acids is 1. The average molecular weight is 470 g/mol. The molecule has 0 aromatic heterocycles. The fourth-order valence-corrected chi connectivity index (χ4v) is 2.32. The summed E-state index contributed by atoms with van der Waals surface area (Å²) in [7, 11) is 1.67. The number of nitrogens with one attached hydrogen (secondary N) is 3. The van der Waals surface area contributed by atoms with Crippen molar-refractivity contribution >= 4 is 35.8 Å². The molecule has 140 valence electrons. The molecule has 0 unspecified atom stereocenters. The smallest absolute Gasteiger partial charge is 0.251 e. The minimum absolute atomic E-state index is 0. The topological polar surface area (TPSA) is 65.5 Å². The van der Waals surface area contributed by atoms with E-state index >= 15 is 0 Å². The van der Waals surface area contributed by atoms with E-state index in [0.29, 0.717) is 31.2 Å². The lowest BCUT2D eigenvalue weighted by molar-refractivity contribution is 0.0955. The van der Waals surface area contributed by atoms with Crippen molar-refractivity contribution in [3.8, 4) is 0 Å². The Kier molecular flexibility index (Phi) is 9.64. The van der Waals surface area contributed by atoms with Crippen molar-refractivity contribution in [1.82, 2.24) is 16.0 Å². The van der Waals surface area contributed by atoms with E-state index in [1.165, 1.54) is 12.1 Å². The third-order valence-electron chi connectivity index (χ3n) is 3.56. The molecule has 2 aromatic rings. The number of carbonyl (C=O) groups is 1. The molecule has 26 heavy (non-hydrogen) atoms. The van der Waals surface area contributed by atoms with Gasteiger partial charge in [0, 0.05) is 32.2 Å². The van der Waals surface area contributed by atoms with Gasteiger partial charge in [0.05, 0.1) is 0 Å². The Hall–Kier alpha value is -2.16. The van der Waals surface area contributed by atoms with Crippen LogP contribution in [-0.2, 0) is 13.1 Å². The fraction of sp³-hybridized carbons (Fsp3) is 0.263. The lowest BCUT2D eigenvalue weighted by atomic mass is 10.1. The number of nitrogens with zero attached hydrogens (tertiary/aromatic N) is 1. The minimum Gasteiger partial charge on any atom is -0.352 e. The first-order valence-electron chi connectivity index (χ1n) is 8.18. The van der Waals surface area contributed by atoms with Crippen LogP contribution in [0.2, 0.25) is 0 Å². The van der Waals surface area contributed by atoms with Crippen LogP contribution in [0.5, 0.6) is 0 Å². The Morgan fingerprint density at radius 3 is 2.19 bits per heavy atom. The maximum absolute atomic E-state index is 13.2. The van der Waals surface area contributed by atoms with Crippen molar-refractivity contribution in [2.24, 2.45) is 4.99 Å². The van der Waals surface area contributed by atoms with Gasteiger partial charge < -0.3 is 16.0 Å². The highest BCUT2D eigenvalue weighted by Crippen LogP contribution is 2.06. The Labute approximate surface area is 170 Å². The summed E-state index contributed by atoms with van der Waals surface area (Å²) < 4.78 is 13.2. The summed E-state index contributed by atoms with van der Waals surface area (Å²) in [5.41, 5.74) is 2.43. The molecular formula is C19H24FIN4O. The van der Waals surface area contributed by atoms with E-state index in [1.807, 2.05) is 31.2 Å². The van der Waals surface area contributed by atoms with Crippen LogP contribution in [0.25, 0.3) is 0 Å². The van der Waals surface area contributed by atoms with E-state index < -0.39 is 0 Å². The lowest BCUT2D eigenvalue weighted by Gasteiger charge is -2.12. The second kappa shape index (κ2) is 11.5. The van der Waals surface area contributed by atoms with Crippen molar-refractivity contribution < 1.29 is 9.18 Å². The zero-order chi connectivity index (χ0) is 18.1. The summed E-state index contributed by atoms with van der Waals surface area (Å²) in [4.78, 5) is 16.0. The SMILES string of the molecule is CCNC(=O)c1cccc(CNC(=NC)NCc2cccc(F)c2)c1.I. The minimum atomic E-state index is -0.260. The molecule has 0 aliphatic heterocycles. The quantitative estimate of drug-likeness (QED) is 0.346. The first-order valence-corrected chi connectivity index (χ1v) is 8.18. The fourth-order valence-electron chi connectivity index (χ4n) is 2.32. The molecule has 0 aliphatic carbocycles. The van der Waals surface area contributed by atoms with E-state index in [9.17, 15) is 9.18 Å². The number of hydrogen-bond donors (Lipinski definition) is 3. The van der Waals surface area contributed by atoms with Crippen LogP contribution in [0.3, 0.4) is 0 Å². The Morgan fingerprint density at radius 1 is 1.00 bits per heavy atom. The standard InChI is InChI=1S/C19H23FN4O.HI/c1-3-22-18(25)16-8-4-6-14(10-16)12-23-19(21-2)24-13-15-7-5-9-17(20)11-15;/h4-11H,3,12-13H2,1-2H3,(H,22,25)(H2,21,23,24);1H. The van der Waals surface area contributed by atoms with Crippen LogP contribution in [0, 0.1) is 5.82 Å². The van der Waals surface area contributed by atoms with Crippen LogP contribution in [0.4, 0.5) is 4.39 Å². The predicted molar refractivity (Wildman–Crippen MR) is 113 cm³/mol. The molecule has 0 saturated carbocycles. The number of halogens is 2. The third kappa shape index (κ3) is 6.99. The number of guanidine groups is 1. The third-order valence-corrected chi connectivity index (χ3v) is 3.56. The number of amides is 1. The highest BCUT2D eigenvalue weighted by molar-refractivity contribution is 14.0. The molecule has 3 N–H and O–H groups in total. The molecule has 2 rings (SSSR count). The number of benzene rings is 2. The maximum atomic E-state index is 13.2. The monoisotopic (exact) mass is 470 g/mol. The summed E-state index contributed by atoms with van der Waals surface area (Å²) in [6, 6.07) is 13.8. The van der Waals surface area contributed by atoms with Crippen molar-refractivity contribution in [1.29, 1.82) is 0 Å². The van der Waals surface area contributed by atoms with E-state index in [4.69, 9.17) is 0 Å². The molecule has 0 radical (unpaired) electrons. The molecule has 0 spiro atoms. The van der Waals surface area contributed by atoms with Crippen LogP contribution in [0.1, 0.15) is 28.4 Å². The van der Waals surface area contributed by atoms with Crippen LogP contribution in [-0.4, -0.2) is 25.5 Å². The van der Waals surface area contributed by atoms with Crippen molar-refractivity contribution in [3.63, 3.8) is 0 Å². The summed E-state index contributed by atoms with van der Waals surface area (Å²) in [6.07, 6.45) is 0. The second-order valence-electron chi connectivity index (χ2n) is 5.47. The van der Waals surface area contributed by atoms with Gasteiger partial charge in [-0.1, -0.05) is 24.3 Å². The zero-order valence-electron chi connectivity index (χ0n) is 14.9. The average Bonchev–Trinajstić information content (AvgIpc) is 2.62. The van der Waals surface area contributed by atoms with Gasteiger partial charge in [0.1, 0.15) is 5.82 Å². The molecule has 0 heterocycles. The highest BCUT2D eigenvalue weighted by Gasteiger charge is 2.05. The molecule has 1 amide bonds. The van der Waals surface area contributed by atoms with Crippen LogP contribution < -0.4 is 16.0 Å². The number of rotatable bonds is 6. The molecule has 7 heteroatoms. The first kappa shape index (κ1) is 21.9. The Morgan fingerprint density at radius 2 is 1.62 bits per heavy atom. The van der Waals surface area contributed by atoms with Gasteiger partial charge in [-0.2, -0.15) is 0 Å². The molecule has 5 nitrogen and oxygen atoms in total. The summed E-state index contributed by atoms with van der Waals surface area (Å²) >= 11 is 0. The zero-order valence-corrected chi connectivity index (χ0v) is 17.2. The van der Waals surface area contributed by atoms with Gasteiger partial charge in [0.2, 0.25) is 0 Å². The number of hydrogen-bond acceptors (Lipinski definition) is 2. The van der Waals surface area contributed by atoms with Crippen LogP contribution in [0.15, 0.2) is 53.5 Å². The summed E-state index contributed by atoms with van der Waals surface area (Å²) in [5, 5.41) is 9.10. The van der Waals surface area contributed by atoms with Gasteiger partial charge in [-0.15, -0.1) is 24.0 Å². The van der Waals surface area contributed by atoms with Crippen molar-refractivity contribution in [2.45, 2.75) is 20.0 Å². The van der Waals surface area contributed by atoms with E-state index in [2.05, 4.69) is 20.9 Å². The Bertz CT molecular complexity index is 752. The molecule has 0 atom stereocenters. The second-order valence-corrected chi connectivity index (χ2v) is 5.47. The largest absolute Gasteiger partial charge is 0.352 e. The number of aliphatic imine (C=N–C) groups is 1. The molecule has 0 fully saturated rings. The van der Waals surface area contributed by atoms with E-state index in [0.717, 1.165) is 11.1 Å². The van der Waals surface area contributed by atoms with Gasteiger partial charge in [0.25, 0.3) is 5.91 Å². The predicted octanol–water partition coefficient (Wildman–Crippen LogP) is 3.06. The molecule has 0 aliphatic rings. The maximum Gasteiger partial charge on any atom is 0.251 e. The van der Waals surface area contributed by atoms with Crippen LogP contribution >= 0.6 is 24.0 Å². The normalized spacial score (nSPS) is 10.7. The lowest BCUT2D eigenvalue weighted by Crippen LogP contribution is -2.36. The van der Waals surface area contributed by atoms with Gasteiger partial charge in [-0.3, -0.25) is 9.79 Å². The van der Waals surface area contributed by atoms with E-state index in [-0.39, 0.29) is 35.7 Å².